The van der Waals surface area contributed by atoms with E-state index in [0.717, 1.165) is 16.1 Å². The molecule has 1 aliphatic heterocycles. The number of likely N-dealkylation sites (N-methyl/N-ethyl adjacent to an activating group) is 1. The second kappa shape index (κ2) is 12.3. The average Bonchev–Trinajstić information content (AvgIpc) is 3.31. The maximum atomic E-state index is 13.3. The Morgan fingerprint density at radius 3 is 2.32 bits per heavy atom. The monoisotopic (exact) mass is 547 g/mol. The standard InChI is InChI=1S/C25H29N3O7S2/c1-17(29)36-21-13-23(28(16-21)37(33,34)22-7-5-4-6-8-22)24(31)27(2)15-20(30)14-26-19-11-9-18(10-12-19)25(32)35-3/h4-12,21,23,26H,13-16H2,1-3H3. The van der Waals surface area contributed by atoms with Gasteiger partial charge in [0.25, 0.3) is 0 Å². The van der Waals surface area contributed by atoms with E-state index in [1.165, 1.54) is 38.1 Å². The molecule has 0 saturated carbocycles. The molecule has 198 valence electrons. The van der Waals surface area contributed by atoms with Crippen LogP contribution in [0.4, 0.5) is 5.69 Å². The number of hydrogen-bond donors (Lipinski definition) is 1. The number of ketones is 1. The Morgan fingerprint density at radius 1 is 1.08 bits per heavy atom. The third-order valence-electron chi connectivity index (χ3n) is 5.77. The first kappa shape index (κ1) is 28.4. The molecule has 10 nitrogen and oxygen atoms in total. The number of methoxy groups -OCH3 is 1. The topological polar surface area (TPSA) is 130 Å². The van der Waals surface area contributed by atoms with Crippen LogP contribution in [0.2, 0.25) is 0 Å². The molecule has 0 aliphatic carbocycles. The van der Waals surface area contributed by atoms with Gasteiger partial charge in [-0.25, -0.2) is 13.2 Å². The Morgan fingerprint density at radius 2 is 1.73 bits per heavy atom. The summed E-state index contributed by atoms with van der Waals surface area (Å²) in [6.45, 7) is 1.11. The Bertz CT molecular complexity index is 1250. The Hall–Kier alpha value is -3.22. The fourth-order valence-electron chi connectivity index (χ4n) is 4.00. The van der Waals surface area contributed by atoms with Crippen LogP contribution >= 0.6 is 11.8 Å². The first-order chi connectivity index (χ1) is 17.5. The molecule has 0 bridgehead atoms. The van der Waals surface area contributed by atoms with Gasteiger partial charge in [0.1, 0.15) is 6.04 Å². The summed E-state index contributed by atoms with van der Waals surface area (Å²) in [5.74, 6) is -1.28. The highest BCUT2D eigenvalue weighted by Crippen LogP contribution is 2.33. The molecule has 1 N–H and O–H groups in total. The van der Waals surface area contributed by atoms with Gasteiger partial charge in [0.15, 0.2) is 10.9 Å². The van der Waals surface area contributed by atoms with E-state index in [9.17, 15) is 27.6 Å². The summed E-state index contributed by atoms with van der Waals surface area (Å²) in [7, 11) is -1.26. The molecule has 1 heterocycles. The van der Waals surface area contributed by atoms with Gasteiger partial charge in [-0.05, 0) is 42.8 Å². The van der Waals surface area contributed by atoms with Crippen LogP contribution in [0.25, 0.3) is 0 Å². The fourth-order valence-corrected chi connectivity index (χ4v) is 6.74. The van der Waals surface area contributed by atoms with E-state index in [1.54, 1.807) is 42.5 Å². The quantitative estimate of drug-likeness (QED) is 0.444. The van der Waals surface area contributed by atoms with Crippen molar-refractivity contribution in [1.29, 1.82) is 0 Å². The number of benzene rings is 2. The first-order valence-electron chi connectivity index (χ1n) is 11.5. The van der Waals surface area contributed by atoms with Crippen molar-refractivity contribution in [2.45, 2.75) is 29.5 Å². The molecule has 0 spiro atoms. The minimum absolute atomic E-state index is 0.0167. The number of Topliss-reactive ketones (excluding diaryl/α,β-unsaturated/α-hetero) is 1. The highest BCUT2D eigenvalue weighted by Gasteiger charge is 2.45. The SMILES string of the molecule is COC(=O)c1ccc(NCC(=O)CN(C)C(=O)C2CC(SC(C)=O)CN2S(=O)(=O)c2ccccc2)cc1. The van der Waals surface area contributed by atoms with Crippen molar-refractivity contribution in [3.63, 3.8) is 0 Å². The molecule has 37 heavy (non-hydrogen) atoms. The number of nitrogens with zero attached hydrogens (tertiary/aromatic N) is 2. The molecule has 12 heteroatoms. The predicted molar refractivity (Wildman–Crippen MR) is 140 cm³/mol. The van der Waals surface area contributed by atoms with Crippen LogP contribution in [-0.2, 0) is 29.1 Å². The number of esters is 1. The number of nitrogens with one attached hydrogen (secondary N) is 1. The van der Waals surface area contributed by atoms with E-state index >= 15 is 0 Å². The molecule has 3 rings (SSSR count). The number of carbonyl (C=O) groups excluding carboxylic acids is 4. The molecular formula is C25H29N3O7S2. The molecule has 2 aromatic carbocycles. The largest absolute Gasteiger partial charge is 0.465 e. The zero-order valence-corrected chi connectivity index (χ0v) is 22.4. The number of carbonyl (C=O) groups is 4. The van der Waals surface area contributed by atoms with Crippen molar-refractivity contribution in [3.8, 4) is 0 Å². The zero-order chi connectivity index (χ0) is 27.2. The van der Waals surface area contributed by atoms with Crippen molar-refractivity contribution in [3.05, 3.63) is 60.2 Å². The van der Waals surface area contributed by atoms with Gasteiger partial charge in [-0.15, -0.1) is 0 Å². The number of hydrogen-bond acceptors (Lipinski definition) is 9. The third-order valence-corrected chi connectivity index (χ3v) is 8.67. The van der Waals surface area contributed by atoms with Crippen molar-refractivity contribution in [2.75, 3.05) is 39.1 Å². The Labute approximate surface area is 220 Å². The predicted octanol–water partition coefficient (Wildman–Crippen LogP) is 2.02. The maximum Gasteiger partial charge on any atom is 0.337 e. The third kappa shape index (κ3) is 7.18. The van der Waals surface area contributed by atoms with E-state index in [0.29, 0.717) is 11.3 Å². The van der Waals surface area contributed by atoms with Gasteiger partial charge >= 0.3 is 5.97 Å². The van der Waals surface area contributed by atoms with Crippen LogP contribution in [0, 0.1) is 0 Å². The van der Waals surface area contributed by atoms with E-state index in [1.807, 2.05) is 0 Å². The average molecular weight is 548 g/mol. The zero-order valence-electron chi connectivity index (χ0n) is 20.7. The lowest BCUT2D eigenvalue weighted by molar-refractivity contribution is -0.136. The highest BCUT2D eigenvalue weighted by molar-refractivity contribution is 8.14. The van der Waals surface area contributed by atoms with Crippen LogP contribution in [0.5, 0.6) is 0 Å². The van der Waals surface area contributed by atoms with Crippen molar-refractivity contribution in [2.24, 2.45) is 0 Å². The molecule has 1 saturated heterocycles. The van der Waals surface area contributed by atoms with Crippen LogP contribution in [0.15, 0.2) is 59.5 Å². The lowest BCUT2D eigenvalue weighted by Gasteiger charge is -2.27. The minimum atomic E-state index is -3.99. The molecule has 0 aromatic heterocycles. The summed E-state index contributed by atoms with van der Waals surface area (Å²) in [6.07, 6.45) is 0.165. The number of anilines is 1. The second-order valence-corrected chi connectivity index (χ2v) is 11.9. The summed E-state index contributed by atoms with van der Waals surface area (Å²) in [4.78, 5) is 50.3. The van der Waals surface area contributed by atoms with Gasteiger partial charge < -0.3 is 15.0 Å². The van der Waals surface area contributed by atoms with Gasteiger partial charge in [0, 0.05) is 31.5 Å². The van der Waals surface area contributed by atoms with Crippen LogP contribution < -0.4 is 5.32 Å². The van der Waals surface area contributed by atoms with Gasteiger partial charge in [0.2, 0.25) is 15.9 Å². The summed E-state index contributed by atoms with van der Waals surface area (Å²) >= 11 is 1.01. The highest BCUT2D eigenvalue weighted by atomic mass is 32.2. The number of amides is 1. The lowest BCUT2D eigenvalue weighted by atomic mass is 10.2. The van der Waals surface area contributed by atoms with Crippen molar-refractivity contribution >= 4 is 50.2 Å². The van der Waals surface area contributed by atoms with Gasteiger partial charge in [-0.1, -0.05) is 30.0 Å². The molecule has 2 aromatic rings. The van der Waals surface area contributed by atoms with E-state index in [4.69, 9.17) is 0 Å². The summed E-state index contributed by atoms with van der Waals surface area (Å²) in [5, 5.41) is 2.40. The van der Waals surface area contributed by atoms with Crippen LogP contribution in [0.3, 0.4) is 0 Å². The molecule has 1 fully saturated rings. The number of ether oxygens (including phenoxy) is 1. The van der Waals surface area contributed by atoms with Crippen LogP contribution in [-0.4, -0.2) is 85.5 Å². The molecule has 1 amide bonds. The van der Waals surface area contributed by atoms with Gasteiger partial charge in [0.05, 0.1) is 30.7 Å². The lowest BCUT2D eigenvalue weighted by Crippen LogP contribution is -2.48. The Balaban J connectivity index is 1.66. The minimum Gasteiger partial charge on any atom is -0.465 e. The van der Waals surface area contributed by atoms with E-state index < -0.39 is 27.9 Å². The first-order valence-corrected chi connectivity index (χ1v) is 13.8. The summed E-state index contributed by atoms with van der Waals surface area (Å²) in [6, 6.07) is 13.2. The number of thioether (sulfide) groups is 1. The maximum absolute atomic E-state index is 13.3. The normalized spacial score (nSPS) is 17.7. The smallest absolute Gasteiger partial charge is 0.337 e. The fraction of sp³-hybridized carbons (Fsp3) is 0.360. The summed E-state index contributed by atoms with van der Waals surface area (Å²) in [5.41, 5.74) is 0.979. The molecule has 2 atom stereocenters. The Kier molecular flexibility index (Phi) is 9.46. The molecule has 2 unspecified atom stereocenters. The van der Waals surface area contributed by atoms with E-state index in [-0.39, 0.29) is 47.1 Å². The summed E-state index contributed by atoms with van der Waals surface area (Å²) < 4.78 is 32.4. The molecule has 0 radical (unpaired) electrons. The second-order valence-electron chi connectivity index (χ2n) is 8.53. The number of sulfonamides is 1. The van der Waals surface area contributed by atoms with E-state index in [2.05, 4.69) is 10.1 Å². The van der Waals surface area contributed by atoms with Crippen LogP contribution in [0.1, 0.15) is 23.7 Å². The van der Waals surface area contributed by atoms with Crippen molar-refractivity contribution < 1.29 is 32.3 Å². The van der Waals surface area contributed by atoms with Gasteiger partial charge in [-0.3, -0.25) is 14.4 Å². The number of rotatable bonds is 10. The molecule has 1 aliphatic rings. The van der Waals surface area contributed by atoms with Crippen molar-refractivity contribution in [1.82, 2.24) is 9.21 Å². The van der Waals surface area contributed by atoms with Gasteiger partial charge in [-0.2, -0.15) is 4.31 Å². The molecular weight excluding hydrogens is 518 g/mol.